The average molecular weight is 394 g/mol. The van der Waals surface area contributed by atoms with Crippen LogP contribution >= 0.6 is 0 Å². The molecule has 0 aromatic heterocycles. The van der Waals surface area contributed by atoms with Crippen molar-refractivity contribution >= 4 is 6.09 Å². The Hall–Kier alpha value is -1.11. The summed E-state index contributed by atoms with van der Waals surface area (Å²) in [5, 5.41) is 0. The van der Waals surface area contributed by atoms with Crippen LogP contribution in [0.3, 0.4) is 0 Å². The van der Waals surface area contributed by atoms with E-state index in [0.717, 1.165) is 51.8 Å². The second-order valence-electron chi connectivity index (χ2n) is 9.35. The number of carbonyl (C=O) groups is 1. The summed E-state index contributed by atoms with van der Waals surface area (Å²) in [5.41, 5.74) is 0.832. The molecular weight excluding hydrogens is 358 g/mol. The maximum Gasteiger partial charge on any atom is 0.410 e. The van der Waals surface area contributed by atoms with Gasteiger partial charge in [-0.15, -0.1) is 0 Å². The van der Waals surface area contributed by atoms with Gasteiger partial charge >= 0.3 is 6.09 Å². The van der Waals surface area contributed by atoms with Crippen molar-refractivity contribution in [2.75, 3.05) is 26.8 Å². The molecule has 4 aliphatic rings. The molecule has 4 fully saturated rings. The third-order valence-corrected chi connectivity index (χ3v) is 7.10. The van der Waals surface area contributed by atoms with Crippen molar-refractivity contribution in [3.05, 3.63) is 11.6 Å². The van der Waals surface area contributed by atoms with Crippen LogP contribution in [0.25, 0.3) is 0 Å². The van der Waals surface area contributed by atoms with Crippen molar-refractivity contribution < 1.29 is 23.7 Å². The lowest BCUT2D eigenvalue weighted by atomic mass is 9.68. The molecular formula is C22H35NO5. The molecule has 0 N–H and O–H groups in total. The molecule has 3 saturated heterocycles. The van der Waals surface area contributed by atoms with Gasteiger partial charge in [0.05, 0.1) is 18.6 Å². The molecule has 6 heteroatoms. The molecule has 6 nitrogen and oxygen atoms in total. The van der Waals surface area contributed by atoms with Crippen molar-refractivity contribution in [2.24, 2.45) is 5.92 Å². The van der Waals surface area contributed by atoms with Crippen LogP contribution in [0.1, 0.15) is 59.3 Å². The first kappa shape index (κ1) is 20.2. The van der Waals surface area contributed by atoms with E-state index in [1.165, 1.54) is 12.0 Å². The lowest BCUT2D eigenvalue weighted by Crippen LogP contribution is -2.56. The highest BCUT2D eigenvalue weighted by Gasteiger charge is 2.72. The number of allylic oxidation sites excluding steroid dienone is 1. The topological polar surface area (TPSA) is 63.8 Å². The highest BCUT2D eigenvalue weighted by atomic mass is 16.6. The van der Waals surface area contributed by atoms with Gasteiger partial charge in [-0.05, 0) is 59.3 Å². The molecule has 6 atom stereocenters. The number of methoxy groups -OCH3 is 1. The Labute approximate surface area is 168 Å². The van der Waals surface area contributed by atoms with Crippen LogP contribution in [-0.2, 0) is 18.9 Å². The van der Waals surface area contributed by atoms with Crippen LogP contribution in [0.15, 0.2) is 11.6 Å². The Morgan fingerprint density at radius 2 is 1.96 bits per heavy atom. The molecule has 1 spiro atoms. The van der Waals surface area contributed by atoms with Gasteiger partial charge in [0.2, 0.25) is 0 Å². The Morgan fingerprint density at radius 1 is 1.25 bits per heavy atom. The van der Waals surface area contributed by atoms with E-state index < -0.39 is 0 Å². The summed E-state index contributed by atoms with van der Waals surface area (Å²) in [7, 11) is 1.72. The summed E-state index contributed by atoms with van der Waals surface area (Å²) in [6.45, 7) is 8.74. The number of likely N-dealkylation sites (tertiary alicyclic amines) is 1. The fourth-order valence-corrected chi connectivity index (χ4v) is 5.35. The molecule has 0 bridgehead atoms. The number of piperidine rings is 1. The fraction of sp³-hybridized carbons (Fsp3) is 0.864. The molecule has 1 saturated carbocycles. The Morgan fingerprint density at radius 3 is 2.57 bits per heavy atom. The SMILES string of the molecule is CO[C@@H]1[C@H](OC(=O)N2CCCCC2)CC[C@]2(CO2)[C@H]1[C@]1(C)O[C@@H]1CC=C(C)C. The zero-order valence-corrected chi connectivity index (χ0v) is 17.7. The Kier molecular flexibility index (Phi) is 5.49. The van der Waals surface area contributed by atoms with Crippen LogP contribution in [0.5, 0.6) is 0 Å². The zero-order chi connectivity index (χ0) is 19.9. The lowest BCUT2D eigenvalue weighted by Gasteiger charge is -2.43. The minimum Gasteiger partial charge on any atom is -0.443 e. The molecule has 1 amide bonds. The third-order valence-electron chi connectivity index (χ3n) is 7.10. The fourth-order valence-electron chi connectivity index (χ4n) is 5.35. The Bertz CT molecular complexity index is 620. The number of epoxide rings is 2. The zero-order valence-electron chi connectivity index (χ0n) is 17.7. The van der Waals surface area contributed by atoms with E-state index in [1.807, 2.05) is 4.90 Å². The van der Waals surface area contributed by atoms with Crippen molar-refractivity contribution in [2.45, 2.75) is 88.8 Å². The number of hydrogen-bond donors (Lipinski definition) is 0. The van der Waals surface area contributed by atoms with Gasteiger partial charge in [0.25, 0.3) is 0 Å². The number of hydrogen-bond acceptors (Lipinski definition) is 5. The molecule has 0 radical (unpaired) electrons. The van der Waals surface area contributed by atoms with Gasteiger partial charge in [0.15, 0.2) is 0 Å². The van der Waals surface area contributed by atoms with E-state index in [9.17, 15) is 4.79 Å². The minimum absolute atomic E-state index is 0.0773. The van der Waals surface area contributed by atoms with Crippen LogP contribution in [0.2, 0.25) is 0 Å². The van der Waals surface area contributed by atoms with Crippen LogP contribution in [0, 0.1) is 5.92 Å². The summed E-state index contributed by atoms with van der Waals surface area (Å²) >= 11 is 0. The summed E-state index contributed by atoms with van der Waals surface area (Å²) in [6, 6.07) is 0. The average Bonchev–Trinajstić information content (AvgIpc) is 3.60. The van der Waals surface area contributed by atoms with E-state index in [1.54, 1.807) is 7.11 Å². The van der Waals surface area contributed by atoms with Gasteiger partial charge in [-0.3, -0.25) is 0 Å². The van der Waals surface area contributed by atoms with E-state index in [4.69, 9.17) is 18.9 Å². The summed E-state index contributed by atoms with van der Waals surface area (Å²) in [5.74, 6) is 0.0773. The first-order valence-electron chi connectivity index (χ1n) is 10.8. The predicted octanol–water partition coefficient (Wildman–Crippen LogP) is 3.69. The quantitative estimate of drug-likeness (QED) is 0.527. The van der Waals surface area contributed by atoms with Gasteiger partial charge in [-0.2, -0.15) is 0 Å². The number of nitrogens with zero attached hydrogens (tertiary/aromatic N) is 1. The van der Waals surface area contributed by atoms with Crippen molar-refractivity contribution in [3.63, 3.8) is 0 Å². The van der Waals surface area contributed by atoms with Crippen molar-refractivity contribution in [1.29, 1.82) is 0 Å². The molecule has 3 aliphatic heterocycles. The molecule has 0 unspecified atom stereocenters. The van der Waals surface area contributed by atoms with Gasteiger partial charge in [-0.1, -0.05) is 11.6 Å². The predicted molar refractivity (Wildman–Crippen MR) is 105 cm³/mol. The molecule has 3 heterocycles. The first-order chi connectivity index (χ1) is 13.4. The minimum atomic E-state index is -0.292. The number of amides is 1. The molecule has 28 heavy (non-hydrogen) atoms. The van der Waals surface area contributed by atoms with Gasteiger partial charge in [-0.25, -0.2) is 4.79 Å². The van der Waals surface area contributed by atoms with Crippen molar-refractivity contribution in [3.8, 4) is 0 Å². The largest absolute Gasteiger partial charge is 0.443 e. The van der Waals surface area contributed by atoms with E-state index in [-0.39, 0.29) is 41.5 Å². The second kappa shape index (κ2) is 7.62. The standard InChI is InChI=1S/C22H35NO5/c1-15(2)8-9-17-21(3,28-17)19-18(25-4)16(10-11-22(19)14-26-22)27-20(24)23-12-6-5-7-13-23/h8,16-19H,5-7,9-14H2,1-4H3/t16-,17-,18-,19-,21-,22+/m1/s1. The van der Waals surface area contributed by atoms with E-state index in [2.05, 4.69) is 26.8 Å². The van der Waals surface area contributed by atoms with Crippen LogP contribution < -0.4 is 0 Å². The highest BCUT2D eigenvalue weighted by molar-refractivity contribution is 5.68. The van der Waals surface area contributed by atoms with E-state index >= 15 is 0 Å². The molecule has 0 aromatic carbocycles. The van der Waals surface area contributed by atoms with Crippen molar-refractivity contribution in [1.82, 2.24) is 4.90 Å². The monoisotopic (exact) mass is 393 g/mol. The third kappa shape index (κ3) is 3.71. The number of rotatable bonds is 5. The maximum atomic E-state index is 12.7. The molecule has 158 valence electrons. The highest BCUT2D eigenvalue weighted by Crippen LogP contribution is 2.59. The van der Waals surface area contributed by atoms with Crippen LogP contribution in [-0.4, -0.2) is 67.3 Å². The first-order valence-corrected chi connectivity index (χ1v) is 10.8. The number of ether oxygens (including phenoxy) is 4. The molecule has 4 rings (SSSR count). The van der Waals surface area contributed by atoms with Crippen LogP contribution in [0.4, 0.5) is 4.79 Å². The van der Waals surface area contributed by atoms with E-state index in [0.29, 0.717) is 0 Å². The van der Waals surface area contributed by atoms with Gasteiger partial charge in [0.1, 0.15) is 23.4 Å². The molecule has 0 aromatic rings. The lowest BCUT2D eigenvalue weighted by molar-refractivity contribution is -0.122. The molecule has 1 aliphatic carbocycles. The normalized spacial score (nSPS) is 42.2. The maximum absolute atomic E-state index is 12.7. The van der Waals surface area contributed by atoms with Gasteiger partial charge < -0.3 is 23.8 Å². The summed E-state index contributed by atoms with van der Waals surface area (Å²) < 4.78 is 24.1. The Balaban J connectivity index is 1.47. The summed E-state index contributed by atoms with van der Waals surface area (Å²) in [6.07, 6.45) is 7.65. The van der Waals surface area contributed by atoms with Gasteiger partial charge in [0, 0.05) is 20.2 Å². The summed E-state index contributed by atoms with van der Waals surface area (Å²) in [4.78, 5) is 14.5. The smallest absolute Gasteiger partial charge is 0.410 e. The number of carbonyl (C=O) groups excluding carboxylic acids is 1. The second-order valence-corrected chi connectivity index (χ2v) is 9.35.